The molecular weight excluding hydrogens is 432 g/mol. The van der Waals surface area contributed by atoms with Gasteiger partial charge in [-0.1, -0.05) is 17.8 Å². The van der Waals surface area contributed by atoms with Gasteiger partial charge in [-0.3, -0.25) is 14.3 Å². The SMILES string of the molecule is Cc1ccc(-n2c(SCC(=O)Nc3ccc(F)c(F)c3)nnc2-c2ccncc2)cc1C. The lowest BCUT2D eigenvalue weighted by Gasteiger charge is -2.12. The molecule has 0 saturated carbocycles. The first kappa shape index (κ1) is 21.6. The monoisotopic (exact) mass is 451 g/mol. The minimum atomic E-state index is -1.02. The first-order valence-corrected chi connectivity index (χ1v) is 10.7. The second-order valence-corrected chi connectivity index (χ2v) is 8.05. The van der Waals surface area contributed by atoms with E-state index in [-0.39, 0.29) is 17.3 Å². The van der Waals surface area contributed by atoms with Crippen LogP contribution in [0.5, 0.6) is 0 Å². The second kappa shape index (κ2) is 9.27. The first-order valence-electron chi connectivity index (χ1n) is 9.73. The van der Waals surface area contributed by atoms with Crippen molar-refractivity contribution in [2.75, 3.05) is 11.1 Å². The van der Waals surface area contributed by atoms with Crippen LogP contribution in [0.15, 0.2) is 66.1 Å². The number of carbonyl (C=O) groups excluding carboxylic acids is 1. The number of pyridine rings is 1. The summed E-state index contributed by atoms with van der Waals surface area (Å²) in [7, 11) is 0. The lowest BCUT2D eigenvalue weighted by molar-refractivity contribution is -0.113. The molecule has 0 atom stereocenters. The number of carbonyl (C=O) groups is 1. The molecule has 0 aliphatic rings. The average Bonchev–Trinajstić information content (AvgIpc) is 3.21. The average molecular weight is 452 g/mol. The van der Waals surface area contributed by atoms with E-state index in [2.05, 4.69) is 20.5 Å². The number of halogens is 2. The van der Waals surface area contributed by atoms with Crippen molar-refractivity contribution in [1.29, 1.82) is 0 Å². The van der Waals surface area contributed by atoms with E-state index in [0.717, 1.165) is 34.5 Å². The van der Waals surface area contributed by atoms with E-state index in [1.54, 1.807) is 12.4 Å². The summed E-state index contributed by atoms with van der Waals surface area (Å²) in [5, 5.41) is 11.7. The van der Waals surface area contributed by atoms with Crippen molar-refractivity contribution in [3.05, 3.63) is 83.7 Å². The summed E-state index contributed by atoms with van der Waals surface area (Å²) in [5.41, 5.74) is 4.16. The van der Waals surface area contributed by atoms with E-state index in [1.807, 2.05) is 48.7 Å². The van der Waals surface area contributed by atoms with Gasteiger partial charge in [0.05, 0.1) is 11.4 Å². The summed E-state index contributed by atoms with van der Waals surface area (Å²) in [4.78, 5) is 16.4. The zero-order valence-electron chi connectivity index (χ0n) is 17.3. The largest absolute Gasteiger partial charge is 0.325 e. The molecule has 1 amide bonds. The summed E-state index contributed by atoms with van der Waals surface area (Å²) in [6, 6.07) is 12.9. The number of hydrogen-bond donors (Lipinski definition) is 1. The van der Waals surface area contributed by atoms with Gasteiger partial charge in [-0.15, -0.1) is 10.2 Å². The summed E-state index contributed by atoms with van der Waals surface area (Å²) in [6.45, 7) is 4.06. The number of nitrogens with zero attached hydrogens (tertiary/aromatic N) is 4. The molecule has 0 unspecified atom stereocenters. The highest BCUT2D eigenvalue weighted by molar-refractivity contribution is 7.99. The molecule has 0 spiro atoms. The molecule has 0 aliphatic heterocycles. The molecule has 2 aromatic carbocycles. The molecule has 32 heavy (non-hydrogen) atoms. The Balaban J connectivity index is 1.60. The number of benzene rings is 2. The zero-order chi connectivity index (χ0) is 22.7. The van der Waals surface area contributed by atoms with Gasteiger partial charge in [0.25, 0.3) is 0 Å². The molecule has 4 aromatic rings. The predicted octanol–water partition coefficient (Wildman–Crippen LogP) is 4.96. The summed E-state index contributed by atoms with van der Waals surface area (Å²) < 4.78 is 28.4. The first-order chi connectivity index (χ1) is 15.4. The van der Waals surface area contributed by atoms with Crippen molar-refractivity contribution < 1.29 is 13.6 Å². The van der Waals surface area contributed by atoms with E-state index >= 15 is 0 Å². The van der Waals surface area contributed by atoms with Gasteiger partial charge in [0, 0.05) is 29.7 Å². The van der Waals surface area contributed by atoms with E-state index < -0.39 is 11.6 Å². The van der Waals surface area contributed by atoms with Crippen LogP contribution in [0.3, 0.4) is 0 Å². The Morgan fingerprint density at radius 1 is 0.969 bits per heavy atom. The lowest BCUT2D eigenvalue weighted by atomic mass is 10.1. The van der Waals surface area contributed by atoms with Crippen LogP contribution in [0.4, 0.5) is 14.5 Å². The van der Waals surface area contributed by atoms with Gasteiger partial charge >= 0.3 is 0 Å². The van der Waals surface area contributed by atoms with E-state index in [1.165, 1.54) is 17.8 Å². The number of hydrogen-bond acceptors (Lipinski definition) is 5. The highest BCUT2D eigenvalue weighted by Crippen LogP contribution is 2.29. The molecule has 0 radical (unpaired) electrons. The van der Waals surface area contributed by atoms with Gasteiger partial charge in [0.2, 0.25) is 5.91 Å². The number of aromatic nitrogens is 4. The minimum absolute atomic E-state index is 0.0122. The van der Waals surface area contributed by atoms with Gasteiger partial charge in [-0.25, -0.2) is 8.78 Å². The second-order valence-electron chi connectivity index (χ2n) is 7.11. The quantitative estimate of drug-likeness (QED) is 0.420. The number of rotatable bonds is 6. The maximum Gasteiger partial charge on any atom is 0.234 e. The summed E-state index contributed by atoms with van der Waals surface area (Å²) in [5.74, 6) is -1.73. The Bertz CT molecular complexity index is 1280. The molecule has 9 heteroatoms. The third kappa shape index (κ3) is 4.67. The molecule has 1 N–H and O–H groups in total. The molecule has 0 aliphatic carbocycles. The fourth-order valence-electron chi connectivity index (χ4n) is 3.05. The Labute approximate surface area is 187 Å². The summed E-state index contributed by atoms with van der Waals surface area (Å²) in [6.07, 6.45) is 3.35. The minimum Gasteiger partial charge on any atom is -0.325 e. The molecular formula is C23H19F2N5OS. The Kier molecular flexibility index (Phi) is 6.27. The Morgan fingerprint density at radius 3 is 2.47 bits per heavy atom. The van der Waals surface area contributed by atoms with Crippen LogP contribution in [-0.2, 0) is 4.79 Å². The topological polar surface area (TPSA) is 72.7 Å². The van der Waals surface area contributed by atoms with Crippen molar-refractivity contribution in [2.45, 2.75) is 19.0 Å². The van der Waals surface area contributed by atoms with Gasteiger partial charge in [-0.05, 0) is 61.4 Å². The molecule has 6 nitrogen and oxygen atoms in total. The zero-order valence-corrected chi connectivity index (χ0v) is 18.2. The number of amides is 1. The highest BCUT2D eigenvalue weighted by Gasteiger charge is 2.18. The maximum absolute atomic E-state index is 13.4. The van der Waals surface area contributed by atoms with Crippen molar-refractivity contribution in [3.63, 3.8) is 0 Å². The highest BCUT2D eigenvalue weighted by atomic mass is 32.2. The predicted molar refractivity (Wildman–Crippen MR) is 120 cm³/mol. The number of anilines is 1. The molecule has 4 rings (SSSR count). The summed E-state index contributed by atoms with van der Waals surface area (Å²) >= 11 is 1.20. The third-order valence-electron chi connectivity index (χ3n) is 4.86. The third-order valence-corrected chi connectivity index (χ3v) is 5.79. The molecule has 0 saturated heterocycles. The maximum atomic E-state index is 13.4. The van der Waals surface area contributed by atoms with E-state index in [9.17, 15) is 13.6 Å². The van der Waals surface area contributed by atoms with Crippen LogP contribution in [0, 0.1) is 25.5 Å². The standard InChI is InChI=1S/C23H19F2N5OS/c1-14-3-5-18(11-15(14)2)30-22(16-7-9-26-10-8-16)28-29-23(30)32-13-21(31)27-17-4-6-19(24)20(25)12-17/h3-12H,13H2,1-2H3,(H,27,31). The van der Waals surface area contributed by atoms with Crippen LogP contribution in [0.25, 0.3) is 17.1 Å². The Morgan fingerprint density at radius 2 is 1.75 bits per heavy atom. The van der Waals surface area contributed by atoms with Crippen LogP contribution < -0.4 is 5.32 Å². The van der Waals surface area contributed by atoms with Crippen molar-refractivity contribution in [1.82, 2.24) is 19.7 Å². The fourth-order valence-corrected chi connectivity index (χ4v) is 3.80. The van der Waals surface area contributed by atoms with Gasteiger partial charge in [0.1, 0.15) is 0 Å². The van der Waals surface area contributed by atoms with Gasteiger partial charge in [-0.2, -0.15) is 0 Å². The van der Waals surface area contributed by atoms with Crippen LogP contribution >= 0.6 is 11.8 Å². The molecule has 2 heterocycles. The Hall–Kier alpha value is -3.59. The van der Waals surface area contributed by atoms with Crippen molar-refractivity contribution in [3.8, 4) is 17.1 Å². The molecule has 2 aromatic heterocycles. The van der Waals surface area contributed by atoms with E-state index in [4.69, 9.17) is 0 Å². The van der Waals surface area contributed by atoms with Crippen LogP contribution in [0.1, 0.15) is 11.1 Å². The van der Waals surface area contributed by atoms with Crippen molar-refractivity contribution in [2.24, 2.45) is 0 Å². The number of thioether (sulfide) groups is 1. The van der Waals surface area contributed by atoms with Gasteiger partial charge in [0.15, 0.2) is 22.6 Å². The molecule has 0 bridgehead atoms. The van der Waals surface area contributed by atoms with Crippen molar-refractivity contribution >= 4 is 23.4 Å². The fraction of sp³-hybridized carbons (Fsp3) is 0.130. The molecule has 162 valence electrons. The molecule has 0 fully saturated rings. The normalized spacial score (nSPS) is 10.9. The number of aryl methyl sites for hydroxylation is 2. The lowest BCUT2D eigenvalue weighted by Crippen LogP contribution is -2.15. The van der Waals surface area contributed by atoms with Gasteiger partial charge < -0.3 is 5.32 Å². The van der Waals surface area contributed by atoms with E-state index in [0.29, 0.717) is 11.0 Å². The smallest absolute Gasteiger partial charge is 0.234 e. The van der Waals surface area contributed by atoms with Crippen LogP contribution in [-0.4, -0.2) is 31.4 Å². The van der Waals surface area contributed by atoms with Crippen LogP contribution in [0.2, 0.25) is 0 Å². The number of nitrogens with one attached hydrogen (secondary N) is 1.